The van der Waals surface area contributed by atoms with Crippen LogP contribution in [0, 0.1) is 0 Å². The van der Waals surface area contributed by atoms with Gasteiger partial charge in [-0.25, -0.2) is 0 Å². The van der Waals surface area contributed by atoms with Gasteiger partial charge in [0.25, 0.3) is 0 Å². The van der Waals surface area contributed by atoms with E-state index in [4.69, 9.17) is 16.3 Å². The Labute approximate surface area is 163 Å². The Morgan fingerprint density at radius 2 is 1.92 bits per heavy atom. The normalized spacial score (nSPS) is 14.5. The molecule has 0 saturated carbocycles. The quantitative estimate of drug-likeness (QED) is 0.676. The molecule has 1 aliphatic rings. The summed E-state index contributed by atoms with van der Waals surface area (Å²) in [6.07, 6.45) is 0.840. The molecule has 0 N–H and O–H groups in total. The summed E-state index contributed by atoms with van der Waals surface area (Å²) >= 11 is 9.58. The summed E-state index contributed by atoms with van der Waals surface area (Å²) < 4.78 is 6.38. The average molecular weight is 422 g/mol. The zero-order chi connectivity index (χ0) is 17.8. The maximum atomic E-state index is 6.07. The predicted molar refractivity (Wildman–Crippen MR) is 109 cm³/mol. The summed E-state index contributed by atoms with van der Waals surface area (Å²) in [5.41, 5.74) is 3.55. The summed E-state index contributed by atoms with van der Waals surface area (Å²) in [6.45, 7) is 8.16. The van der Waals surface area contributed by atoms with E-state index in [0.29, 0.717) is 0 Å². The summed E-state index contributed by atoms with van der Waals surface area (Å²) in [4.78, 5) is 4.76. The molecule has 2 aromatic rings. The van der Waals surface area contributed by atoms with Crippen LogP contribution in [-0.2, 0) is 6.42 Å². The van der Waals surface area contributed by atoms with Crippen molar-refractivity contribution in [3.8, 4) is 5.75 Å². The van der Waals surface area contributed by atoms with Crippen LogP contribution in [0.2, 0.25) is 5.02 Å². The van der Waals surface area contributed by atoms with E-state index in [1.807, 2.05) is 24.3 Å². The van der Waals surface area contributed by atoms with Crippen molar-refractivity contribution in [2.75, 3.05) is 38.2 Å². The Balaban J connectivity index is 1.59. The number of benzene rings is 2. The van der Waals surface area contributed by atoms with E-state index < -0.39 is 0 Å². The van der Waals surface area contributed by atoms with Gasteiger partial charge in [0.1, 0.15) is 5.75 Å². The third kappa shape index (κ3) is 4.50. The van der Waals surface area contributed by atoms with Crippen LogP contribution in [0.25, 0.3) is 0 Å². The molecule has 0 amide bonds. The van der Waals surface area contributed by atoms with Gasteiger partial charge in [-0.15, -0.1) is 0 Å². The Hall–Kier alpha value is -1.65. The molecule has 132 valence electrons. The van der Waals surface area contributed by atoms with E-state index in [2.05, 4.69) is 50.5 Å². The highest BCUT2D eigenvalue weighted by Crippen LogP contribution is 2.30. The lowest BCUT2D eigenvalue weighted by Gasteiger charge is -2.38. The van der Waals surface area contributed by atoms with Crippen molar-refractivity contribution in [1.82, 2.24) is 4.90 Å². The molecule has 1 fully saturated rings. The molecule has 1 aliphatic heterocycles. The van der Waals surface area contributed by atoms with Gasteiger partial charge >= 0.3 is 0 Å². The number of piperazine rings is 1. The van der Waals surface area contributed by atoms with Crippen LogP contribution >= 0.6 is 27.5 Å². The molecule has 3 nitrogen and oxygen atoms in total. The summed E-state index contributed by atoms with van der Waals surface area (Å²) in [5.74, 6) is 0.866. The summed E-state index contributed by atoms with van der Waals surface area (Å²) in [7, 11) is 1.70. The van der Waals surface area contributed by atoms with E-state index in [9.17, 15) is 0 Å². The van der Waals surface area contributed by atoms with Crippen LogP contribution in [0.5, 0.6) is 5.75 Å². The Bertz CT molecular complexity index is 757. The highest BCUT2D eigenvalue weighted by Gasteiger charge is 2.19. The molecule has 0 unspecified atom stereocenters. The molecule has 0 bridgehead atoms. The summed E-state index contributed by atoms with van der Waals surface area (Å²) in [6, 6.07) is 14.3. The van der Waals surface area contributed by atoms with Crippen LogP contribution in [0.1, 0.15) is 5.56 Å². The minimum atomic E-state index is 0.777. The van der Waals surface area contributed by atoms with E-state index in [1.54, 1.807) is 7.11 Å². The van der Waals surface area contributed by atoms with Gasteiger partial charge in [0.05, 0.1) is 11.6 Å². The number of methoxy groups -OCH3 is 1. The molecular weight excluding hydrogens is 400 g/mol. The van der Waals surface area contributed by atoms with Crippen LogP contribution in [0.4, 0.5) is 5.69 Å². The molecule has 2 aromatic carbocycles. The van der Waals surface area contributed by atoms with Gasteiger partial charge in [0, 0.05) is 55.1 Å². The first-order valence-corrected chi connectivity index (χ1v) is 9.49. The van der Waals surface area contributed by atoms with Gasteiger partial charge in [0.2, 0.25) is 0 Å². The highest BCUT2D eigenvalue weighted by atomic mass is 79.9. The fourth-order valence-corrected chi connectivity index (χ4v) is 3.74. The minimum absolute atomic E-state index is 0.777. The maximum Gasteiger partial charge on any atom is 0.135 e. The molecule has 0 aromatic heterocycles. The predicted octanol–water partition coefficient (Wildman–Crippen LogP) is 4.99. The van der Waals surface area contributed by atoms with Crippen molar-refractivity contribution >= 4 is 33.2 Å². The number of rotatable bonds is 5. The zero-order valence-corrected chi connectivity index (χ0v) is 16.7. The Morgan fingerprint density at radius 1 is 1.16 bits per heavy atom. The van der Waals surface area contributed by atoms with Crippen LogP contribution < -0.4 is 9.64 Å². The fraction of sp³-hybridized carbons (Fsp3) is 0.300. The lowest BCUT2D eigenvalue weighted by Crippen LogP contribution is -2.46. The third-order valence-electron chi connectivity index (χ3n) is 4.52. The largest absolute Gasteiger partial charge is 0.495 e. The second kappa shape index (κ2) is 8.15. The van der Waals surface area contributed by atoms with Gasteiger partial charge in [-0.1, -0.05) is 30.3 Å². The number of hydrogen-bond donors (Lipinski definition) is 0. The van der Waals surface area contributed by atoms with Crippen molar-refractivity contribution in [2.45, 2.75) is 6.42 Å². The first kappa shape index (κ1) is 18.2. The topological polar surface area (TPSA) is 15.7 Å². The van der Waals surface area contributed by atoms with Crippen molar-refractivity contribution in [2.24, 2.45) is 0 Å². The zero-order valence-electron chi connectivity index (χ0n) is 14.3. The van der Waals surface area contributed by atoms with Gasteiger partial charge < -0.3 is 14.5 Å². The van der Waals surface area contributed by atoms with Gasteiger partial charge in [0.15, 0.2) is 0 Å². The van der Waals surface area contributed by atoms with Gasteiger partial charge in [-0.3, -0.25) is 0 Å². The molecule has 0 aliphatic carbocycles. The SMILES string of the molecule is C=C(Cc1cccc(Cl)c1)N1CCN(c2ccc(Br)c(OC)c2)CC1. The van der Waals surface area contributed by atoms with Crippen molar-refractivity contribution in [1.29, 1.82) is 0 Å². The first-order chi connectivity index (χ1) is 12.1. The first-order valence-electron chi connectivity index (χ1n) is 8.32. The fourth-order valence-electron chi connectivity index (χ4n) is 3.12. The number of halogens is 2. The van der Waals surface area contributed by atoms with Gasteiger partial charge in [-0.2, -0.15) is 0 Å². The lowest BCUT2D eigenvalue weighted by molar-refractivity contribution is 0.316. The number of anilines is 1. The van der Waals surface area contributed by atoms with E-state index in [-0.39, 0.29) is 0 Å². The van der Waals surface area contributed by atoms with Crippen LogP contribution in [0.3, 0.4) is 0 Å². The second-order valence-electron chi connectivity index (χ2n) is 6.17. The number of allylic oxidation sites excluding steroid dienone is 1. The molecule has 1 saturated heterocycles. The molecular formula is C20H22BrClN2O. The second-order valence-corrected chi connectivity index (χ2v) is 7.46. The standard InChI is InChI=1S/C20H22BrClN2O/c1-15(12-16-4-3-5-17(22)13-16)23-8-10-24(11-9-23)18-6-7-19(21)20(14-18)25-2/h3-7,13-14H,1,8-12H2,2H3. The average Bonchev–Trinajstić information content (AvgIpc) is 2.62. The Kier molecular flexibility index (Phi) is 5.92. The molecule has 25 heavy (non-hydrogen) atoms. The molecule has 1 heterocycles. The smallest absolute Gasteiger partial charge is 0.135 e. The molecule has 0 atom stereocenters. The van der Waals surface area contributed by atoms with E-state index in [1.165, 1.54) is 11.3 Å². The molecule has 3 rings (SSSR count). The summed E-state index contributed by atoms with van der Waals surface area (Å²) in [5, 5.41) is 0.777. The highest BCUT2D eigenvalue weighted by molar-refractivity contribution is 9.10. The van der Waals surface area contributed by atoms with Gasteiger partial charge in [-0.05, 0) is 45.8 Å². The van der Waals surface area contributed by atoms with Crippen molar-refractivity contribution < 1.29 is 4.74 Å². The van der Waals surface area contributed by atoms with E-state index >= 15 is 0 Å². The molecule has 0 radical (unpaired) electrons. The van der Waals surface area contributed by atoms with Crippen molar-refractivity contribution in [3.05, 3.63) is 69.8 Å². The number of ether oxygens (including phenoxy) is 1. The van der Waals surface area contributed by atoms with Crippen LogP contribution in [0.15, 0.2) is 59.2 Å². The van der Waals surface area contributed by atoms with Crippen molar-refractivity contribution in [3.63, 3.8) is 0 Å². The Morgan fingerprint density at radius 3 is 2.60 bits per heavy atom. The minimum Gasteiger partial charge on any atom is -0.495 e. The maximum absolute atomic E-state index is 6.07. The monoisotopic (exact) mass is 420 g/mol. The van der Waals surface area contributed by atoms with Crippen LogP contribution in [-0.4, -0.2) is 38.2 Å². The van der Waals surface area contributed by atoms with E-state index in [0.717, 1.165) is 53.5 Å². The lowest BCUT2D eigenvalue weighted by atomic mass is 10.1. The number of hydrogen-bond acceptors (Lipinski definition) is 3. The number of nitrogens with zero attached hydrogens (tertiary/aromatic N) is 2. The molecule has 0 spiro atoms. The third-order valence-corrected chi connectivity index (χ3v) is 5.41. The molecule has 5 heteroatoms.